The standard InChI is InChI=1S/C3H7ClO6S2.Na/c4-1-2-10-12(8,9)3-11(5,6)7;/h1-3H2,(H,5,6,7);/q;+1/p-1. The van der Waals surface area contributed by atoms with Crippen LogP contribution in [0.1, 0.15) is 0 Å². The van der Waals surface area contributed by atoms with Crippen molar-refractivity contribution in [3.63, 3.8) is 0 Å². The molecule has 0 saturated carbocycles. The van der Waals surface area contributed by atoms with Gasteiger partial charge in [-0.1, -0.05) is 0 Å². The molecule has 0 fully saturated rings. The second-order valence-electron chi connectivity index (χ2n) is 1.74. The zero-order valence-corrected chi connectivity index (χ0v) is 11.2. The second-order valence-corrected chi connectivity index (χ2v) is 5.53. The summed E-state index contributed by atoms with van der Waals surface area (Å²) in [5.41, 5.74) is 0. The van der Waals surface area contributed by atoms with Crippen LogP contribution in [0.25, 0.3) is 0 Å². The zero-order chi connectivity index (χ0) is 9.83. The van der Waals surface area contributed by atoms with E-state index in [1.54, 1.807) is 0 Å². The maximum atomic E-state index is 10.5. The fourth-order valence-electron chi connectivity index (χ4n) is 0.369. The SMILES string of the molecule is O=S(=O)([O-])CS(=O)(=O)OCCCl.[Na+]. The van der Waals surface area contributed by atoms with Crippen LogP contribution in [0.15, 0.2) is 0 Å². The molecule has 0 heterocycles. The fraction of sp³-hybridized carbons (Fsp3) is 1.00. The van der Waals surface area contributed by atoms with Crippen LogP contribution in [-0.2, 0) is 24.4 Å². The van der Waals surface area contributed by atoms with Crippen LogP contribution < -0.4 is 29.6 Å². The Morgan fingerprint density at radius 1 is 1.23 bits per heavy atom. The van der Waals surface area contributed by atoms with Gasteiger partial charge in [-0.05, 0) is 0 Å². The van der Waals surface area contributed by atoms with Crippen LogP contribution in [0, 0.1) is 0 Å². The van der Waals surface area contributed by atoms with Crippen molar-refractivity contribution in [1.82, 2.24) is 0 Å². The number of hydrogen-bond donors (Lipinski definition) is 0. The van der Waals surface area contributed by atoms with Gasteiger partial charge >= 0.3 is 29.6 Å². The van der Waals surface area contributed by atoms with Crippen LogP contribution in [0.2, 0.25) is 0 Å². The zero-order valence-electron chi connectivity index (χ0n) is 6.77. The maximum absolute atomic E-state index is 10.5. The van der Waals surface area contributed by atoms with Crippen molar-refractivity contribution in [3.05, 3.63) is 0 Å². The van der Waals surface area contributed by atoms with Crippen molar-refractivity contribution in [2.45, 2.75) is 0 Å². The van der Waals surface area contributed by atoms with Gasteiger partial charge in [0.25, 0.3) is 10.1 Å². The molecule has 0 aliphatic heterocycles. The van der Waals surface area contributed by atoms with Crippen molar-refractivity contribution in [2.24, 2.45) is 0 Å². The third kappa shape index (κ3) is 11.0. The molecule has 0 rings (SSSR count). The molecule has 13 heavy (non-hydrogen) atoms. The Morgan fingerprint density at radius 3 is 2.00 bits per heavy atom. The molecule has 0 aromatic rings. The summed E-state index contributed by atoms with van der Waals surface area (Å²) >= 11 is 5.06. The molecule has 0 aromatic heterocycles. The first-order valence-corrected chi connectivity index (χ1v) is 6.32. The summed E-state index contributed by atoms with van der Waals surface area (Å²) in [6, 6.07) is 0. The van der Waals surface area contributed by atoms with Crippen LogP contribution in [0.5, 0.6) is 0 Å². The van der Waals surface area contributed by atoms with Gasteiger partial charge in [-0.25, -0.2) is 8.42 Å². The number of rotatable bonds is 5. The minimum Gasteiger partial charge on any atom is -0.747 e. The Kier molecular flexibility index (Phi) is 8.35. The average molecular weight is 261 g/mol. The van der Waals surface area contributed by atoms with E-state index in [0.717, 1.165) is 0 Å². The fourth-order valence-corrected chi connectivity index (χ4v) is 2.56. The van der Waals surface area contributed by atoms with Crippen molar-refractivity contribution in [3.8, 4) is 0 Å². The van der Waals surface area contributed by atoms with E-state index in [9.17, 15) is 21.4 Å². The molecule has 10 heteroatoms. The molecule has 0 aliphatic carbocycles. The molecule has 0 amide bonds. The van der Waals surface area contributed by atoms with Gasteiger partial charge in [0.1, 0.15) is 10.1 Å². The molecule has 74 valence electrons. The van der Waals surface area contributed by atoms with Gasteiger partial charge in [-0.3, -0.25) is 4.18 Å². The van der Waals surface area contributed by atoms with E-state index in [1.807, 2.05) is 0 Å². The molecule has 0 aliphatic rings. The Balaban J connectivity index is 0. The monoisotopic (exact) mass is 260 g/mol. The number of hydrogen-bond acceptors (Lipinski definition) is 6. The second kappa shape index (κ2) is 6.57. The summed E-state index contributed by atoms with van der Waals surface area (Å²) in [6.45, 7) is -0.348. The quantitative estimate of drug-likeness (QED) is 0.217. The van der Waals surface area contributed by atoms with E-state index in [2.05, 4.69) is 4.18 Å². The minimum absolute atomic E-state index is 0. The van der Waals surface area contributed by atoms with Gasteiger partial charge < -0.3 is 4.55 Å². The van der Waals surface area contributed by atoms with Gasteiger partial charge in [0.2, 0.25) is 0 Å². The number of halogens is 1. The topological polar surface area (TPSA) is 101 Å². The van der Waals surface area contributed by atoms with E-state index >= 15 is 0 Å². The van der Waals surface area contributed by atoms with Gasteiger partial charge in [-0.15, -0.1) is 11.6 Å². The summed E-state index contributed by atoms with van der Waals surface area (Å²) in [7, 11) is -9.10. The van der Waals surface area contributed by atoms with E-state index in [1.165, 1.54) is 0 Å². The normalized spacial score (nSPS) is 12.2. The van der Waals surface area contributed by atoms with E-state index in [4.69, 9.17) is 11.6 Å². The van der Waals surface area contributed by atoms with Crippen LogP contribution in [0.4, 0.5) is 0 Å². The molecule has 6 nitrogen and oxygen atoms in total. The predicted octanol–water partition coefficient (Wildman–Crippen LogP) is -3.92. The van der Waals surface area contributed by atoms with Gasteiger partial charge in [0.05, 0.1) is 6.61 Å². The molecule has 0 spiro atoms. The van der Waals surface area contributed by atoms with E-state index in [0.29, 0.717) is 0 Å². The van der Waals surface area contributed by atoms with Gasteiger partial charge in [0, 0.05) is 5.88 Å². The predicted molar refractivity (Wildman–Crippen MR) is 40.2 cm³/mol. The maximum Gasteiger partial charge on any atom is 1.00 e. The van der Waals surface area contributed by atoms with Crippen molar-refractivity contribution in [1.29, 1.82) is 0 Å². The summed E-state index contributed by atoms with van der Waals surface area (Å²) in [5, 5.41) is -1.56. The van der Waals surface area contributed by atoms with E-state index < -0.39 is 25.3 Å². The molecule has 0 aromatic carbocycles. The first kappa shape index (κ1) is 16.5. The summed E-state index contributed by atoms with van der Waals surface area (Å²) in [6.07, 6.45) is 0. The molecule has 0 saturated heterocycles. The first-order chi connectivity index (χ1) is 5.27. The van der Waals surface area contributed by atoms with Crippen molar-refractivity contribution >= 4 is 31.8 Å². The summed E-state index contributed by atoms with van der Waals surface area (Å²) in [5.74, 6) is -0.0991. The summed E-state index contributed by atoms with van der Waals surface area (Å²) < 4.78 is 55.0. The molecule has 0 N–H and O–H groups in total. The molecular formula is C3H6ClNaO6S2. The minimum atomic E-state index is -4.82. The third-order valence-corrected chi connectivity index (χ3v) is 3.62. The van der Waals surface area contributed by atoms with E-state index in [-0.39, 0.29) is 42.0 Å². The van der Waals surface area contributed by atoms with Crippen molar-refractivity contribution in [2.75, 3.05) is 17.6 Å². The largest absolute Gasteiger partial charge is 1.00 e. The average Bonchev–Trinajstić information content (AvgIpc) is 1.78. The Bertz CT molecular complexity index is 320. The molecular weight excluding hydrogens is 255 g/mol. The van der Waals surface area contributed by atoms with Gasteiger partial charge in [-0.2, -0.15) is 8.42 Å². The first-order valence-electron chi connectivity index (χ1n) is 2.63. The summed E-state index contributed by atoms with van der Waals surface area (Å²) in [4.78, 5) is 0. The molecule has 0 bridgehead atoms. The van der Waals surface area contributed by atoms with Crippen LogP contribution in [-0.4, -0.2) is 39.0 Å². The molecule has 0 atom stereocenters. The van der Waals surface area contributed by atoms with Crippen molar-refractivity contribution < 1.29 is 55.1 Å². The molecule has 0 radical (unpaired) electrons. The smallest absolute Gasteiger partial charge is 0.747 e. The Labute approximate surface area is 104 Å². The number of alkyl halides is 1. The van der Waals surface area contributed by atoms with Crippen LogP contribution in [0.3, 0.4) is 0 Å². The third-order valence-electron chi connectivity index (χ3n) is 0.629. The van der Waals surface area contributed by atoms with Crippen LogP contribution >= 0.6 is 11.6 Å². The Hall–Kier alpha value is 1.11. The molecule has 0 unspecified atom stereocenters. The Morgan fingerprint density at radius 2 is 1.69 bits per heavy atom. The van der Waals surface area contributed by atoms with Gasteiger partial charge in [0.15, 0.2) is 5.08 Å².